The van der Waals surface area contributed by atoms with E-state index in [1.807, 2.05) is 30.3 Å². The maximum atomic E-state index is 12.0. The molecule has 0 spiro atoms. The number of benzene rings is 3. The minimum atomic E-state index is -0.678. The third-order valence-corrected chi connectivity index (χ3v) is 4.63. The van der Waals surface area contributed by atoms with Crippen molar-refractivity contribution in [2.75, 3.05) is 24.4 Å². The van der Waals surface area contributed by atoms with Crippen molar-refractivity contribution in [3.8, 4) is 11.5 Å². The summed E-state index contributed by atoms with van der Waals surface area (Å²) in [6, 6.07) is 22.1. The van der Waals surface area contributed by atoms with Crippen LogP contribution in [0, 0.1) is 0 Å². The Morgan fingerprint density at radius 2 is 1.26 bits per heavy atom. The SMILES string of the molecule is COC(=O)c1ccc(NC(=O)CCC(=O)OCC(=O)Nc2ccc(Oc3ccccc3)cc2)cc1. The molecule has 0 atom stereocenters. The number of amides is 2. The Balaban J connectivity index is 1.35. The van der Waals surface area contributed by atoms with Crippen molar-refractivity contribution in [3.63, 3.8) is 0 Å². The van der Waals surface area contributed by atoms with E-state index < -0.39 is 30.4 Å². The number of para-hydroxylation sites is 1. The molecule has 0 saturated heterocycles. The Kier molecular flexibility index (Phi) is 8.95. The summed E-state index contributed by atoms with van der Waals surface area (Å²) in [7, 11) is 1.28. The highest BCUT2D eigenvalue weighted by atomic mass is 16.5. The maximum absolute atomic E-state index is 12.0. The number of carbonyl (C=O) groups is 4. The molecule has 9 nitrogen and oxygen atoms in total. The zero-order chi connectivity index (χ0) is 25.0. The smallest absolute Gasteiger partial charge is 0.337 e. The van der Waals surface area contributed by atoms with E-state index in [4.69, 9.17) is 9.47 Å². The standard InChI is InChI=1S/C26H24N2O7/c1-33-26(32)18-7-9-19(10-8-18)27-23(29)15-16-25(31)34-17-24(30)28-20-11-13-22(14-12-20)35-21-5-3-2-4-6-21/h2-14H,15-17H2,1H3,(H,27,29)(H,28,30). The van der Waals surface area contributed by atoms with E-state index in [-0.39, 0.29) is 12.8 Å². The summed E-state index contributed by atoms with van der Waals surface area (Å²) in [6.07, 6.45) is -0.313. The topological polar surface area (TPSA) is 120 Å². The number of carbonyl (C=O) groups excluding carboxylic acids is 4. The minimum Gasteiger partial charge on any atom is -0.465 e. The maximum Gasteiger partial charge on any atom is 0.337 e. The van der Waals surface area contributed by atoms with Gasteiger partial charge in [0.05, 0.1) is 19.1 Å². The zero-order valence-electron chi connectivity index (χ0n) is 19.0. The molecule has 0 fully saturated rings. The van der Waals surface area contributed by atoms with Crippen LogP contribution in [0.1, 0.15) is 23.2 Å². The van der Waals surface area contributed by atoms with Crippen LogP contribution in [0.4, 0.5) is 11.4 Å². The molecule has 2 N–H and O–H groups in total. The van der Waals surface area contributed by atoms with Gasteiger partial charge < -0.3 is 24.8 Å². The Bertz CT molecular complexity index is 1160. The molecule has 0 aliphatic rings. The van der Waals surface area contributed by atoms with Crippen molar-refractivity contribution in [2.24, 2.45) is 0 Å². The molecule has 0 aromatic heterocycles. The summed E-state index contributed by atoms with van der Waals surface area (Å²) in [4.78, 5) is 47.3. The second-order valence-electron chi connectivity index (χ2n) is 7.27. The molecule has 3 rings (SSSR count). The van der Waals surface area contributed by atoms with Gasteiger partial charge in [0, 0.05) is 17.8 Å². The summed E-state index contributed by atoms with van der Waals surface area (Å²) in [5.74, 6) is -0.772. The van der Waals surface area contributed by atoms with E-state index in [2.05, 4.69) is 15.4 Å². The highest BCUT2D eigenvalue weighted by molar-refractivity contribution is 5.95. The van der Waals surface area contributed by atoms with Gasteiger partial charge in [-0.1, -0.05) is 18.2 Å². The van der Waals surface area contributed by atoms with Crippen LogP contribution < -0.4 is 15.4 Å². The number of esters is 2. The number of nitrogens with one attached hydrogen (secondary N) is 2. The fourth-order valence-electron chi connectivity index (χ4n) is 2.89. The predicted octanol–water partition coefficient (Wildman–Crippen LogP) is 4.17. The molecule has 0 saturated carbocycles. The van der Waals surface area contributed by atoms with Crippen molar-refractivity contribution < 1.29 is 33.4 Å². The molecule has 0 heterocycles. The van der Waals surface area contributed by atoms with E-state index in [0.29, 0.717) is 28.4 Å². The average molecular weight is 476 g/mol. The molecule has 2 amide bonds. The van der Waals surface area contributed by atoms with Crippen LogP contribution in [-0.4, -0.2) is 37.5 Å². The van der Waals surface area contributed by atoms with Gasteiger partial charge in [0.15, 0.2) is 6.61 Å². The van der Waals surface area contributed by atoms with Crippen LogP contribution in [-0.2, 0) is 23.9 Å². The summed E-state index contributed by atoms with van der Waals surface area (Å²) in [5, 5.41) is 5.23. The van der Waals surface area contributed by atoms with Crippen molar-refractivity contribution in [1.29, 1.82) is 0 Å². The number of anilines is 2. The summed E-state index contributed by atoms with van der Waals surface area (Å²) >= 11 is 0. The first-order valence-electron chi connectivity index (χ1n) is 10.7. The Hall–Kier alpha value is -4.66. The Morgan fingerprint density at radius 1 is 0.686 bits per heavy atom. The van der Waals surface area contributed by atoms with Crippen molar-refractivity contribution in [1.82, 2.24) is 0 Å². The van der Waals surface area contributed by atoms with E-state index in [1.165, 1.54) is 19.2 Å². The summed E-state index contributed by atoms with van der Waals surface area (Å²) in [6.45, 7) is -0.474. The fraction of sp³-hybridized carbons (Fsp3) is 0.154. The first kappa shape index (κ1) is 25.0. The lowest BCUT2D eigenvalue weighted by molar-refractivity contribution is -0.147. The van der Waals surface area contributed by atoms with Gasteiger partial charge in [-0.25, -0.2) is 4.79 Å². The van der Waals surface area contributed by atoms with Crippen LogP contribution in [0.3, 0.4) is 0 Å². The van der Waals surface area contributed by atoms with Gasteiger partial charge in [-0.2, -0.15) is 0 Å². The molecule has 3 aromatic rings. The molecule has 180 valence electrons. The second kappa shape index (κ2) is 12.5. The lowest BCUT2D eigenvalue weighted by Gasteiger charge is -2.09. The third-order valence-electron chi connectivity index (χ3n) is 4.63. The summed E-state index contributed by atoms with van der Waals surface area (Å²) in [5.41, 5.74) is 1.34. The second-order valence-corrected chi connectivity index (χ2v) is 7.27. The molecule has 35 heavy (non-hydrogen) atoms. The molecule has 3 aromatic carbocycles. The lowest BCUT2D eigenvalue weighted by atomic mass is 10.2. The van der Waals surface area contributed by atoms with E-state index >= 15 is 0 Å². The number of rotatable bonds is 10. The van der Waals surface area contributed by atoms with E-state index in [0.717, 1.165) is 0 Å². The largest absolute Gasteiger partial charge is 0.465 e. The number of ether oxygens (including phenoxy) is 3. The molecule has 0 radical (unpaired) electrons. The number of hydrogen-bond acceptors (Lipinski definition) is 7. The van der Waals surface area contributed by atoms with Crippen LogP contribution in [0.15, 0.2) is 78.9 Å². The fourth-order valence-corrected chi connectivity index (χ4v) is 2.89. The van der Waals surface area contributed by atoms with Crippen LogP contribution >= 0.6 is 0 Å². The Morgan fingerprint density at radius 3 is 1.89 bits per heavy atom. The lowest BCUT2D eigenvalue weighted by Crippen LogP contribution is -2.21. The molecule has 9 heteroatoms. The van der Waals surface area contributed by atoms with Gasteiger partial charge in [-0.3, -0.25) is 14.4 Å². The zero-order valence-corrected chi connectivity index (χ0v) is 19.0. The number of hydrogen-bond donors (Lipinski definition) is 2. The molecular formula is C26H24N2O7. The van der Waals surface area contributed by atoms with Crippen molar-refractivity contribution in [3.05, 3.63) is 84.4 Å². The quantitative estimate of drug-likeness (QED) is 0.422. The van der Waals surface area contributed by atoms with E-state index in [1.54, 1.807) is 36.4 Å². The van der Waals surface area contributed by atoms with Gasteiger partial charge in [-0.15, -0.1) is 0 Å². The molecule has 0 aliphatic heterocycles. The number of methoxy groups -OCH3 is 1. The van der Waals surface area contributed by atoms with Crippen LogP contribution in [0.5, 0.6) is 11.5 Å². The van der Waals surface area contributed by atoms with Crippen molar-refractivity contribution >= 4 is 35.1 Å². The monoisotopic (exact) mass is 476 g/mol. The first-order valence-corrected chi connectivity index (χ1v) is 10.7. The highest BCUT2D eigenvalue weighted by Crippen LogP contribution is 2.22. The molecular weight excluding hydrogens is 452 g/mol. The van der Waals surface area contributed by atoms with Crippen molar-refractivity contribution in [2.45, 2.75) is 12.8 Å². The van der Waals surface area contributed by atoms with Crippen LogP contribution in [0.25, 0.3) is 0 Å². The van der Waals surface area contributed by atoms with E-state index in [9.17, 15) is 19.2 Å². The van der Waals surface area contributed by atoms with Gasteiger partial charge in [0.25, 0.3) is 5.91 Å². The summed E-state index contributed by atoms with van der Waals surface area (Å²) < 4.78 is 15.2. The minimum absolute atomic E-state index is 0.123. The van der Waals surface area contributed by atoms with Gasteiger partial charge in [-0.05, 0) is 60.7 Å². The average Bonchev–Trinajstić information content (AvgIpc) is 2.88. The van der Waals surface area contributed by atoms with Crippen LogP contribution in [0.2, 0.25) is 0 Å². The van der Waals surface area contributed by atoms with Gasteiger partial charge in [0.2, 0.25) is 5.91 Å². The Labute approximate surface area is 202 Å². The van der Waals surface area contributed by atoms with Gasteiger partial charge in [0.1, 0.15) is 11.5 Å². The highest BCUT2D eigenvalue weighted by Gasteiger charge is 2.12. The normalized spacial score (nSPS) is 10.1. The first-order chi connectivity index (χ1) is 16.9. The third kappa shape index (κ3) is 8.32. The molecule has 0 aliphatic carbocycles. The predicted molar refractivity (Wildman–Crippen MR) is 128 cm³/mol. The molecule has 0 bridgehead atoms. The van der Waals surface area contributed by atoms with Gasteiger partial charge >= 0.3 is 11.9 Å². The molecule has 0 unspecified atom stereocenters.